The van der Waals surface area contributed by atoms with Crippen molar-refractivity contribution in [1.29, 1.82) is 5.26 Å². The molecule has 0 aromatic heterocycles. The van der Waals surface area contributed by atoms with E-state index in [1.54, 1.807) is 0 Å². The van der Waals surface area contributed by atoms with Crippen LogP contribution in [0.25, 0.3) is 0 Å². The third-order valence-corrected chi connectivity index (χ3v) is 4.64. The molecule has 4 heteroatoms. The molecular formula is C16H23ClN2S. The summed E-state index contributed by atoms with van der Waals surface area (Å²) in [5, 5.41) is 13.9. The Morgan fingerprint density at radius 3 is 2.60 bits per heavy atom. The number of halogens is 1. The fourth-order valence-electron chi connectivity index (χ4n) is 2.01. The lowest BCUT2D eigenvalue weighted by atomic mass is 9.98. The van der Waals surface area contributed by atoms with Crippen molar-refractivity contribution in [2.45, 2.75) is 50.2 Å². The molecule has 2 unspecified atom stereocenters. The van der Waals surface area contributed by atoms with Gasteiger partial charge in [0.15, 0.2) is 0 Å². The molecule has 1 rings (SSSR count). The summed E-state index contributed by atoms with van der Waals surface area (Å²) in [6.45, 7) is 7.17. The monoisotopic (exact) mass is 310 g/mol. The highest BCUT2D eigenvalue weighted by Crippen LogP contribution is 2.25. The van der Waals surface area contributed by atoms with Gasteiger partial charge in [0.05, 0.1) is 6.07 Å². The molecule has 0 heterocycles. The van der Waals surface area contributed by atoms with Crippen molar-refractivity contribution in [2.24, 2.45) is 0 Å². The van der Waals surface area contributed by atoms with E-state index in [9.17, 15) is 5.26 Å². The van der Waals surface area contributed by atoms with E-state index in [1.165, 1.54) is 5.56 Å². The van der Waals surface area contributed by atoms with Crippen LogP contribution in [0.15, 0.2) is 24.3 Å². The van der Waals surface area contributed by atoms with Gasteiger partial charge in [-0.05, 0) is 44.0 Å². The molecule has 2 atom stereocenters. The van der Waals surface area contributed by atoms with Crippen LogP contribution in [0.1, 0.15) is 39.2 Å². The summed E-state index contributed by atoms with van der Waals surface area (Å²) in [4.78, 5) is 0. The molecule has 2 nitrogen and oxygen atoms in total. The first kappa shape index (κ1) is 17.4. The van der Waals surface area contributed by atoms with Crippen molar-refractivity contribution in [3.05, 3.63) is 34.9 Å². The predicted molar refractivity (Wildman–Crippen MR) is 89.1 cm³/mol. The Balaban J connectivity index is 2.44. The summed E-state index contributed by atoms with van der Waals surface area (Å²) >= 11 is 7.75. The third-order valence-electron chi connectivity index (χ3n) is 3.16. The van der Waals surface area contributed by atoms with Crippen molar-refractivity contribution in [3.63, 3.8) is 0 Å². The topological polar surface area (TPSA) is 35.8 Å². The Bertz CT molecular complexity index is 441. The maximum Gasteiger partial charge on any atom is 0.104 e. The Morgan fingerprint density at radius 2 is 2.05 bits per heavy atom. The lowest BCUT2D eigenvalue weighted by Crippen LogP contribution is -2.43. The van der Waals surface area contributed by atoms with E-state index in [0.717, 1.165) is 30.2 Å². The lowest BCUT2D eigenvalue weighted by molar-refractivity contribution is 0.418. The second-order valence-corrected chi connectivity index (χ2v) is 7.19. The quantitative estimate of drug-likeness (QED) is 0.760. The Labute approximate surface area is 131 Å². The molecule has 0 aliphatic rings. The zero-order valence-corrected chi connectivity index (χ0v) is 14.0. The van der Waals surface area contributed by atoms with E-state index in [2.05, 4.69) is 37.4 Å². The van der Waals surface area contributed by atoms with Gasteiger partial charge >= 0.3 is 0 Å². The molecule has 0 saturated carbocycles. The Morgan fingerprint density at radius 1 is 1.40 bits per heavy atom. The van der Waals surface area contributed by atoms with Crippen molar-refractivity contribution in [1.82, 2.24) is 5.32 Å². The molecule has 0 amide bonds. The van der Waals surface area contributed by atoms with Gasteiger partial charge < -0.3 is 0 Å². The molecular weight excluding hydrogens is 288 g/mol. The van der Waals surface area contributed by atoms with Crippen LogP contribution in [-0.2, 0) is 5.75 Å². The minimum atomic E-state index is -0.428. The average Bonchev–Trinajstić information content (AvgIpc) is 2.44. The van der Waals surface area contributed by atoms with Gasteiger partial charge in [-0.3, -0.25) is 5.32 Å². The second kappa shape index (κ2) is 8.56. The fraction of sp³-hybridized carbons (Fsp3) is 0.562. The van der Waals surface area contributed by atoms with Crippen LogP contribution >= 0.6 is 23.4 Å². The van der Waals surface area contributed by atoms with Gasteiger partial charge in [-0.1, -0.05) is 37.6 Å². The maximum absolute atomic E-state index is 9.34. The van der Waals surface area contributed by atoms with E-state index in [-0.39, 0.29) is 0 Å². The van der Waals surface area contributed by atoms with E-state index in [4.69, 9.17) is 11.6 Å². The Hall–Kier alpha value is -0.690. The minimum Gasteiger partial charge on any atom is -0.300 e. The number of nitrogens with one attached hydrogen (secondary N) is 1. The fourth-order valence-corrected chi connectivity index (χ4v) is 3.26. The average molecular weight is 311 g/mol. The number of hydrogen-bond donors (Lipinski definition) is 1. The highest BCUT2D eigenvalue weighted by atomic mass is 35.5. The van der Waals surface area contributed by atoms with Crippen LogP contribution in [0.4, 0.5) is 0 Å². The zero-order chi connectivity index (χ0) is 15.0. The van der Waals surface area contributed by atoms with Crippen LogP contribution in [0.5, 0.6) is 0 Å². The lowest BCUT2D eigenvalue weighted by Gasteiger charge is -2.26. The van der Waals surface area contributed by atoms with Crippen LogP contribution < -0.4 is 5.32 Å². The van der Waals surface area contributed by atoms with E-state index < -0.39 is 5.54 Å². The maximum atomic E-state index is 9.34. The normalized spacial score (nSPS) is 15.3. The van der Waals surface area contributed by atoms with Crippen molar-refractivity contribution in [3.8, 4) is 6.07 Å². The Kier molecular flexibility index (Phi) is 7.43. The van der Waals surface area contributed by atoms with Gasteiger partial charge in [0, 0.05) is 16.0 Å². The molecule has 1 aromatic carbocycles. The summed E-state index contributed by atoms with van der Waals surface area (Å²) < 4.78 is 0. The molecule has 0 spiro atoms. The number of thioether (sulfide) groups is 1. The highest BCUT2D eigenvalue weighted by Gasteiger charge is 2.25. The summed E-state index contributed by atoms with van der Waals surface area (Å²) in [5.74, 6) is 0.952. The standard InChI is InChI=1S/C16H23ClN2S/c1-4-9-19-16(3,12-18)10-13(2)20-11-14-5-7-15(17)8-6-14/h5-8,13,19H,4,9-11H2,1-3H3. The van der Waals surface area contributed by atoms with Gasteiger partial charge in [0.2, 0.25) is 0 Å². The molecule has 0 aliphatic heterocycles. The van der Waals surface area contributed by atoms with Crippen LogP contribution in [-0.4, -0.2) is 17.3 Å². The zero-order valence-electron chi connectivity index (χ0n) is 12.4. The summed E-state index contributed by atoms with van der Waals surface area (Å²) in [7, 11) is 0. The molecule has 1 N–H and O–H groups in total. The first-order valence-corrected chi connectivity index (χ1v) is 8.44. The van der Waals surface area contributed by atoms with Gasteiger partial charge in [-0.25, -0.2) is 0 Å². The smallest absolute Gasteiger partial charge is 0.104 e. The molecule has 1 aromatic rings. The number of benzene rings is 1. The molecule has 110 valence electrons. The van der Waals surface area contributed by atoms with Crippen molar-refractivity contribution < 1.29 is 0 Å². The van der Waals surface area contributed by atoms with Crippen molar-refractivity contribution >= 4 is 23.4 Å². The van der Waals surface area contributed by atoms with Crippen LogP contribution in [0, 0.1) is 11.3 Å². The second-order valence-electron chi connectivity index (χ2n) is 5.32. The van der Waals surface area contributed by atoms with Gasteiger partial charge in [0.25, 0.3) is 0 Å². The molecule has 0 fully saturated rings. The highest BCUT2D eigenvalue weighted by molar-refractivity contribution is 7.99. The largest absolute Gasteiger partial charge is 0.300 e. The minimum absolute atomic E-state index is 0.428. The SMILES string of the molecule is CCCNC(C)(C#N)CC(C)SCc1ccc(Cl)cc1. The predicted octanol–water partition coefficient (Wildman–Crippen LogP) is 4.63. The van der Waals surface area contributed by atoms with Crippen molar-refractivity contribution in [2.75, 3.05) is 6.54 Å². The summed E-state index contributed by atoms with van der Waals surface area (Å²) in [6.07, 6.45) is 1.89. The molecule has 0 bridgehead atoms. The summed E-state index contributed by atoms with van der Waals surface area (Å²) in [6, 6.07) is 10.4. The van der Waals surface area contributed by atoms with Gasteiger partial charge in [-0.15, -0.1) is 0 Å². The number of hydrogen-bond acceptors (Lipinski definition) is 3. The number of nitriles is 1. The van der Waals surface area contributed by atoms with Crippen LogP contribution in [0.2, 0.25) is 5.02 Å². The number of rotatable bonds is 8. The summed E-state index contributed by atoms with van der Waals surface area (Å²) in [5.41, 5.74) is 0.842. The molecule has 0 aliphatic carbocycles. The van der Waals surface area contributed by atoms with E-state index in [1.807, 2.05) is 30.8 Å². The van der Waals surface area contributed by atoms with Gasteiger partial charge in [-0.2, -0.15) is 17.0 Å². The number of nitrogens with zero attached hydrogens (tertiary/aromatic N) is 1. The van der Waals surface area contributed by atoms with Crippen LogP contribution in [0.3, 0.4) is 0 Å². The molecule has 0 saturated heterocycles. The molecule has 20 heavy (non-hydrogen) atoms. The van der Waals surface area contributed by atoms with Gasteiger partial charge in [0.1, 0.15) is 5.54 Å². The third kappa shape index (κ3) is 6.17. The van der Waals surface area contributed by atoms with E-state index >= 15 is 0 Å². The molecule has 0 radical (unpaired) electrons. The van der Waals surface area contributed by atoms with E-state index in [0.29, 0.717) is 5.25 Å². The first-order chi connectivity index (χ1) is 9.49. The first-order valence-electron chi connectivity index (χ1n) is 7.01.